The predicted octanol–water partition coefficient (Wildman–Crippen LogP) is 3.09. The topological polar surface area (TPSA) is 59.0 Å². The van der Waals surface area contributed by atoms with E-state index in [1.165, 1.54) is 4.90 Å². The number of carbonyl (C=O) groups is 1. The maximum absolute atomic E-state index is 14.2. The number of morpholine rings is 1. The monoisotopic (exact) mass is 373 g/mol. The number of hydrogen-bond donors (Lipinski definition) is 1. The third-order valence-electron chi connectivity index (χ3n) is 4.69. The third-order valence-corrected chi connectivity index (χ3v) is 4.69. The van der Waals surface area contributed by atoms with Gasteiger partial charge in [0, 0.05) is 18.4 Å². The van der Waals surface area contributed by atoms with E-state index in [9.17, 15) is 23.1 Å². The van der Waals surface area contributed by atoms with Crippen molar-refractivity contribution in [3.63, 3.8) is 0 Å². The van der Waals surface area contributed by atoms with Crippen LogP contribution in [0.2, 0.25) is 0 Å². The van der Waals surface area contributed by atoms with E-state index in [1.807, 2.05) is 0 Å². The Kier molecular flexibility index (Phi) is 4.69. The van der Waals surface area contributed by atoms with Gasteiger partial charge in [0.25, 0.3) is 0 Å². The number of benzene rings is 1. The molecule has 2 fully saturated rings. The number of piperidine rings is 1. The van der Waals surface area contributed by atoms with Crippen molar-refractivity contribution in [2.24, 2.45) is 0 Å². The molecular formula is C18H22F3NO4. The minimum atomic E-state index is -1.73. The fraction of sp³-hybridized carbons (Fsp3) is 0.611. The summed E-state index contributed by atoms with van der Waals surface area (Å²) in [5.41, 5.74) is -2.72. The zero-order chi connectivity index (χ0) is 19.3. The maximum Gasteiger partial charge on any atom is 0.410 e. The molecule has 3 rings (SSSR count). The van der Waals surface area contributed by atoms with Crippen molar-refractivity contribution >= 4 is 6.09 Å². The van der Waals surface area contributed by atoms with Crippen LogP contribution in [0.4, 0.5) is 18.0 Å². The summed E-state index contributed by atoms with van der Waals surface area (Å²) < 4.78 is 52.0. The molecule has 2 aliphatic rings. The average Bonchev–Trinajstić information content (AvgIpc) is 2.49. The van der Waals surface area contributed by atoms with Crippen LogP contribution in [0.1, 0.15) is 39.2 Å². The molecule has 2 saturated heterocycles. The van der Waals surface area contributed by atoms with Gasteiger partial charge < -0.3 is 14.6 Å². The first-order valence-electron chi connectivity index (χ1n) is 8.47. The van der Waals surface area contributed by atoms with Crippen LogP contribution in [0.15, 0.2) is 12.1 Å². The van der Waals surface area contributed by atoms with Crippen LogP contribution in [0.5, 0.6) is 0 Å². The molecule has 1 aromatic rings. The summed E-state index contributed by atoms with van der Waals surface area (Å²) >= 11 is 0. The van der Waals surface area contributed by atoms with Crippen molar-refractivity contribution in [1.82, 2.24) is 4.90 Å². The summed E-state index contributed by atoms with van der Waals surface area (Å²) in [4.78, 5) is 14.0. The number of halogens is 3. The summed E-state index contributed by atoms with van der Waals surface area (Å²) in [6, 6.07) is 0.718. The fourth-order valence-corrected chi connectivity index (χ4v) is 3.69. The summed E-state index contributed by atoms with van der Waals surface area (Å²) in [5, 5.41) is 11.0. The van der Waals surface area contributed by atoms with Crippen molar-refractivity contribution in [2.45, 2.75) is 56.9 Å². The van der Waals surface area contributed by atoms with Crippen LogP contribution in [0.3, 0.4) is 0 Å². The first-order valence-corrected chi connectivity index (χ1v) is 8.47. The summed E-state index contributed by atoms with van der Waals surface area (Å²) in [6.45, 7) is 5.52. The van der Waals surface area contributed by atoms with Crippen molar-refractivity contribution < 1.29 is 32.5 Å². The molecule has 5 nitrogen and oxygen atoms in total. The number of fused-ring (bicyclic) bond motifs is 2. The molecule has 0 radical (unpaired) electrons. The van der Waals surface area contributed by atoms with Crippen molar-refractivity contribution in [3.05, 3.63) is 35.1 Å². The molecule has 0 aromatic heterocycles. The summed E-state index contributed by atoms with van der Waals surface area (Å²) in [6.07, 6.45) is -0.668. The lowest BCUT2D eigenvalue weighted by molar-refractivity contribution is -0.142. The van der Waals surface area contributed by atoms with Gasteiger partial charge in [0.15, 0.2) is 17.5 Å². The summed E-state index contributed by atoms with van der Waals surface area (Å²) in [7, 11) is 0. The van der Waals surface area contributed by atoms with Gasteiger partial charge in [-0.1, -0.05) is 6.07 Å². The van der Waals surface area contributed by atoms with E-state index in [1.54, 1.807) is 20.8 Å². The van der Waals surface area contributed by atoms with Crippen LogP contribution in [0, 0.1) is 17.5 Å². The molecule has 144 valence electrons. The molecule has 0 saturated carbocycles. The lowest BCUT2D eigenvalue weighted by Gasteiger charge is -2.51. The van der Waals surface area contributed by atoms with Crippen molar-refractivity contribution in [3.8, 4) is 0 Å². The smallest absolute Gasteiger partial charge is 0.410 e. The van der Waals surface area contributed by atoms with E-state index >= 15 is 0 Å². The molecule has 2 atom stereocenters. The minimum Gasteiger partial charge on any atom is -0.444 e. The minimum absolute atomic E-state index is 0.0647. The van der Waals surface area contributed by atoms with Gasteiger partial charge in [0.2, 0.25) is 0 Å². The van der Waals surface area contributed by atoms with E-state index < -0.39 is 46.8 Å². The molecule has 0 aliphatic carbocycles. The van der Waals surface area contributed by atoms with Gasteiger partial charge in [0.1, 0.15) is 5.60 Å². The molecule has 1 N–H and O–H groups in total. The Labute approximate surface area is 149 Å². The van der Waals surface area contributed by atoms with Crippen molar-refractivity contribution in [2.75, 3.05) is 13.2 Å². The molecule has 2 bridgehead atoms. The number of nitrogens with zero attached hydrogens (tertiary/aromatic N) is 1. The molecule has 1 amide bonds. The van der Waals surface area contributed by atoms with Gasteiger partial charge in [-0.3, -0.25) is 4.90 Å². The second-order valence-electron chi connectivity index (χ2n) is 7.90. The number of rotatable bonds is 1. The van der Waals surface area contributed by atoms with Crippen molar-refractivity contribution in [1.29, 1.82) is 0 Å². The zero-order valence-electron chi connectivity index (χ0n) is 14.9. The number of amides is 1. The molecule has 0 spiro atoms. The number of aliphatic hydroxyl groups is 1. The first kappa shape index (κ1) is 19.0. The molecule has 26 heavy (non-hydrogen) atoms. The Morgan fingerprint density at radius 2 is 1.77 bits per heavy atom. The Balaban J connectivity index is 1.90. The normalized spacial score (nSPS) is 28.8. The Morgan fingerprint density at radius 1 is 1.19 bits per heavy atom. The molecule has 2 unspecified atom stereocenters. The molecule has 8 heteroatoms. The molecule has 2 heterocycles. The molecule has 2 aliphatic heterocycles. The van der Waals surface area contributed by atoms with Crippen LogP contribution in [-0.2, 0) is 15.1 Å². The van der Waals surface area contributed by atoms with Gasteiger partial charge in [-0.2, -0.15) is 0 Å². The number of ether oxygens (including phenoxy) is 2. The summed E-state index contributed by atoms with van der Waals surface area (Å²) in [5.74, 6) is -4.34. The maximum atomic E-state index is 14.2. The lowest BCUT2D eigenvalue weighted by Crippen LogP contribution is -2.63. The second kappa shape index (κ2) is 6.42. The Morgan fingerprint density at radius 3 is 2.31 bits per heavy atom. The first-order chi connectivity index (χ1) is 12.0. The van der Waals surface area contributed by atoms with E-state index in [0.717, 1.165) is 12.1 Å². The van der Waals surface area contributed by atoms with Crippen LogP contribution in [0.25, 0.3) is 0 Å². The highest BCUT2D eigenvalue weighted by molar-refractivity contribution is 5.69. The standard InChI is InChI=1S/C18H22F3NO4/c1-17(2,3)26-16(23)22-10-6-18(24,7-11(22)9-25-8-10)12-4-5-13(19)15(21)14(12)20/h4-5,10-11,24H,6-9H2,1-3H3. The van der Waals surface area contributed by atoms with E-state index in [0.29, 0.717) is 0 Å². The highest BCUT2D eigenvalue weighted by Crippen LogP contribution is 2.42. The second-order valence-corrected chi connectivity index (χ2v) is 7.90. The highest BCUT2D eigenvalue weighted by Gasteiger charge is 2.51. The van der Waals surface area contributed by atoms with E-state index in [4.69, 9.17) is 9.47 Å². The van der Waals surface area contributed by atoms with Gasteiger partial charge >= 0.3 is 6.09 Å². The number of carbonyl (C=O) groups excluding carboxylic acids is 1. The Bertz CT molecular complexity index is 705. The predicted molar refractivity (Wildman–Crippen MR) is 85.9 cm³/mol. The van der Waals surface area contributed by atoms with Gasteiger partial charge in [0.05, 0.1) is 30.9 Å². The van der Waals surface area contributed by atoms with Crippen LogP contribution < -0.4 is 0 Å². The zero-order valence-corrected chi connectivity index (χ0v) is 14.9. The lowest BCUT2D eigenvalue weighted by atomic mass is 9.76. The third kappa shape index (κ3) is 3.40. The van der Waals surface area contributed by atoms with E-state index in [-0.39, 0.29) is 31.6 Å². The van der Waals surface area contributed by atoms with Crippen LogP contribution >= 0.6 is 0 Å². The quantitative estimate of drug-likeness (QED) is 0.769. The highest BCUT2D eigenvalue weighted by atomic mass is 19.2. The average molecular weight is 373 g/mol. The number of hydrogen-bond acceptors (Lipinski definition) is 4. The SMILES string of the molecule is CC(C)(C)OC(=O)N1C2COCC1CC(O)(c1ccc(F)c(F)c1F)C2. The molecule has 1 aromatic carbocycles. The fourth-order valence-electron chi connectivity index (χ4n) is 3.69. The van der Waals surface area contributed by atoms with Gasteiger partial charge in [-0.25, -0.2) is 18.0 Å². The van der Waals surface area contributed by atoms with E-state index in [2.05, 4.69) is 0 Å². The van der Waals surface area contributed by atoms with Gasteiger partial charge in [-0.15, -0.1) is 0 Å². The largest absolute Gasteiger partial charge is 0.444 e. The van der Waals surface area contributed by atoms with Crippen LogP contribution in [-0.4, -0.2) is 47.0 Å². The Hall–Kier alpha value is -1.80. The van der Waals surface area contributed by atoms with Gasteiger partial charge in [-0.05, 0) is 26.8 Å². The molecular weight excluding hydrogens is 351 g/mol.